The molecule has 0 N–H and O–H groups in total. The standard InChI is InChI=1S/C11H16ClNO2S/c1-4-13(5-2)16(14,15)11-7-6-9(3)8-10(11)12/h6-8H,4-5H2,1-3H3. The zero-order valence-electron chi connectivity index (χ0n) is 9.70. The molecule has 90 valence electrons. The van der Waals surface area contributed by atoms with E-state index >= 15 is 0 Å². The quantitative estimate of drug-likeness (QED) is 0.836. The maximum absolute atomic E-state index is 12.2. The van der Waals surface area contributed by atoms with E-state index in [0.29, 0.717) is 13.1 Å². The first-order valence-electron chi connectivity index (χ1n) is 5.19. The van der Waals surface area contributed by atoms with Crippen LogP contribution in [-0.2, 0) is 10.0 Å². The van der Waals surface area contributed by atoms with Crippen molar-refractivity contribution in [2.24, 2.45) is 0 Å². The van der Waals surface area contributed by atoms with Gasteiger partial charge in [-0.1, -0.05) is 31.5 Å². The van der Waals surface area contributed by atoms with E-state index in [4.69, 9.17) is 11.6 Å². The maximum Gasteiger partial charge on any atom is 0.244 e. The third-order valence-electron chi connectivity index (χ3n) is 2.41. The molecule has 1 rings (SSSR count). The average molecular weight is 262 g/mol. The van der Waals surface area contributed by atoms with Crippen LogP contribution in [0.2, 0.25) is 5.02 Å². The number of halogens is 1. The molecule has 0 heterocycles. The maximum atomic E-state index is 12.2. The predicted octanol–water partition coefficient (Wildman–Crippen LogP) is 2.68. The minimum absolute atomic E-state index is 0.184. The van der Waals surface area contributed by atoms with Gasteiger partial charge in [-0.25, -0.2) is 8.42 Å². The van der Waals surface area contributed by atoms with Crippen molar-refractivity contribution in [1.29, 1.82) is 0 Å². The van der Waals surface area contributed by atoms with E-state index < -0.39 is 10.0 Å². The van der Waals surface area contributed by atoms with Gasteiger partial charge >= 0.3 is 0 Å². The highest BCUT2D eigenvalue weighted by atomic mass is 35.5. The fourth-order valence-electron chi connectivity index (χ4n) is 1.52. The van der Waals surface area contributed by atoms with Gasteiger partial charge in [0.2, 0.25) is 10.0 Å². The lowest BCUT2D eigenvalue weighted by molar-refractivity contribution is 0.445. The van der Waals surface area contributed by atoms with Crippen molar-refractivity contribution in [3.8, 4) is 0 Å². The molecule has 0 radical (unpaired) electrons. The SMILES string of the molecule is CCN(CC)S(=O)(=O)c1ccc(C)cc1Cl. The molecule has 0 saturated heterocycles. The first-order chi connectivity index (χ1) is 7.43. The van der Waals surface area contributed by atoms with Crippen LogP contribution >= 0.6 is 11.6 Å². The van der Waals surface area contributed by atoms with Gasteiger partial charge in [-0.2, -0.15) is 4.31 Å². The van der Waals surface area contributed by atoms with Crippen LogP contribution in [0, 0.1) is 6.92 Å². The molecule has 0 aliphatic heterocycles. The van der Waals surface area contributed by atoms with Gasteiger partial charge in [-0.15, -0.1) is 0 Å². The van der Waals surface area contributed by atoms with Gasteiger partial charge in [0.25, 0.3) is 0 Å². The fourth-order valence-corrected chi connectivity index (χ4v) is 3.55. The summed E-state index contributed by atoms with van der Waals surface area (Å²) in [6.45, 7) is 6.39. The summed E-state index contributed by atoms with van der Waals surface area (Å²) in [6.07, 6.45) is 0. The molecule has 1 aromatic rings. The molecule has 3 nitrogen and oxygen atoms in total. The lowest BCUT2D eigenvalue weighted by atomic mass is 10.2. The third-order valence-corrected chi connectivity index (χ3v) is 4.94. The normalized spacial score (nSPS) is 12.1. The second kappa shape index (κ2) is 5.17. The number of nitrogens with zero attached hydrogens (tertiary/aromatic N) is 1. The average Bonchev–Trinajstić information content (AvgIpc) is 2.18. The second-order valence-corrected chi connectivity index (χ2v) is 5.84. The summed E-state index contributed by atoms with van der Waals surface area (Å²) in [6, 6.07) is 4.98. The molecular formula is C11H16ClNO2S. The van der Waals surface area contributed by atoms with Crippen molar-refractivity contribution in [2.45, 2.75) is 25.7 Å². The summed E-state index contributed by atoms with van der Waals surface area (Å²) in [7, 11) is -3.45. The van der Waals surface area contributed by atoms with Gasteiger partial charge < -0.3 is 0 Å². The van der Waals surface area contributed by atoms with Crippen LogP contribution in [-0.4, -0.2) is 25.8 Å². The number of sulfonamides is 1. The summed E-state index contributed by atoms with van der Waals surface area (Å²) in [5.74, 6) is 0. The number of aryl methyl sites for hydroxylation is 1. The van der Waals surface area contributed by atoms with E-state index in [1.54, 1.807) is 18.2 Å². The van der Waals surface area contributed by atoms with Gasteiger partial charge in [0.1, 0.15) is 4.90 Å². The highest BCUT2D eigenvalue weighted by Crippen LogP contribution is 2.25. The van der Waals surface area contributed by atoms with Crippen LogP contribution in [0.25, 0.3) is 0 Å². The fraction of sp³-hybridized carbons (Fsp3) is 0.455. The first kappa shape index (κ1) is 13.5. The van der Waals surface area contributed by atoms with Crippen molar-refractivity contribution in [2.75, 3.05) is 13.1 Å². The van der Waals surface area contributed by atoms with E-state index in [9.17, 15) is 8.42 Å². The van der Waals surface area contributed by atoms with Crippen molar-refractivity contribution < 1.29 is 8.42 Å². The smallest absolute Gasteiger partial charge is 0.207 e. The Balaban J connectivity index is 3.27. The summed E-state index contributed by atoms with van der Waals surface area (Å²) < 4.78 is 25.7. The van der Waals surface area contributed by atoms with Gasteiger partial charge in [-0.3, -0.25) is 0 Å². The Bertz CT molecular complexity index is 467. The monoisotopic (exact) mass is 261 g/mol. The van der Waals surface area contributed by atoms with Gasteiger partial charge in [0, 0.05) is 13.1 Å². The van der Waals surface area contributed by atoms with Crippen molar-refractivity contribution >= 4 is 21.6 Å². The van der Waals surface area contributed by atoms with E-state index in [-0.39, 0.29) is 9.92 Å². The highest BCUT2D eigenvalue weighted by Gasteiger charge is 2.23. The van der Waals surface area contributed by atoms with E-state index in [0.717, 1.165) is 5.56 Å². The molecule has 0 fully saturated rings. The third kappa shape index (κ3) is 2.56. The molecule has 0 atom stereocenters. The predicted molar refractivity (Wildman–Crippen MR) is 66.3 cm³/mol. The largest absolute Gasteiger partial charge is 0.244 e. The van der Waals surface area contributed by atoms with Crippen LogP contribution in [0.5, 0.6) is 0 Å². The molecule has 5 heteroatoms. The summed E-state index contributed by atoms with van der Waals surface area (Å²) >= 11 is 5.97. The Morgan fingerprint density at radius 3 is 2.25 bits per heavy atom. The zero-order chi connectivity index (χ0) is 12.3. The van der Waals surface area contributed by atoms with Gasteiger partial charge in [0.15, 0.2) is 0 Å². The minimum Gasteiger partial charge on any atom is -0.207 e. The molecule has 16 heavy (non-hydrogen) atoms. The summed E-state index contributed by atoms with van der Waals surface area (Å²) in [5.41, 5.74) is 0.948. The van der Waals surface area contributed by atoms with E-state index in [2.05, 4.69) is 0 Å². The molecule has 0 unspecified atom stereocenters. The Morgan fingerprint density at radius 1 is 1.25 bits per heavy atom. The zero-order valence-corrected chi connectivity index (χ0v) is 11.3. The van der Waals surface area contributed by atoms with E-state index in [1.807, 2.05) is 20.8 Å². The molecule has 0 saturated carbocycles. The Hall–Kier alpha value is -0.580. The molecule has 0 aliphatic rings. The van der Waals surface area contributed by atoms with Crippen molar-refractivity contribution in [1.82, 2.24) is 4.31 Å². The number of hydrogen-bond acceptors (Lipinski definition) is 2. The van der Waals surface area contributed by atoms with Crippen LogP contribution < -0.4 is 0 Å². The van der Waals surface area contributed by atoms with Crippen LogP contribution in [0.3, 0.4) is 0 Å². The molecular weight excluding hydrogens is 246 g/mol. The molecule has 0 amide bonds. The lowest BCUT2D eigenvalue weighted by Gasteiger charge is -2.19. The highest BCUT2D eigenvalue weighted by molar-refractivity contribution is 7.89. The first-order valence-corrected chi connectivity index (χ1v) is 7.01. The molecule has 0 aromatic heterocycles. The molecule has 0 spiro atoms. The molecule has 1 aromatic carbocycles. The van der Waals surface area contributed by atoms with Crippen LogP contribution in [0.15, 0.2) is 23.1 Å². The number of benzene rings is 1. The minimum atomic E-state index is -3.45. The Morgan fingerprint density at radius 2 is 1.81 bits per heavy atom. The summed E-state index contributed by atoms with van der Waals surface area (Å²) in [4.78, 5) is 0.184. The lowest BCUT2D eigenvalue weighted by Crippen LogP contribution is -2.30. The number of hydrogen-bond donors (Lipinski definition) is 0. The number of rotatable bonds is 4. The van der Waals surface area contributed by atoms with Crippen LogP contribution in [0.4, 0.5) is 0 Å². The second-order valence-electron chi connectivity index (χ2n) is 3.52. The topological polar surface area (TPSA) is 37.4 Å². The van der Waals surface area contributed by atoms with Gasteiger partial charge in [0.05, 0.1) is 5.02 Å². The molecule has 0 aliphatic carbocycles. The Kier molecular flexibility index (Phi) is 4.35. The Labute approximate surface area is 102 Å². The van der Waals surface area contributed by atoms with Gasteiger partial charge in [-0.05, 0) is 24.6 Å². The van der Waals surface area contributed by atoms with Crippen LogP contribution in [0.1, 0.15) is 19.4 Å². The van der Waals surface area contributed by atoms with E-state index in [1.165, 1.54) is 4.31 Å². The molecule has 0 bridgehead atoms. The van der Waals surface area contributed by atoms with Crippen molar-refractivity contribution in [3.63, 3.8) is 0 Å². The van der Waals surface area contributed by atoms with Crippen molar-refractivity contribution in [3.05, 3.63) is 28.8 Å². The summed E-state index contributed by atoms with van der Waals surface area (Å²) in [5, 5.41) is 0.284.